The summed E-state index contributed by atoms with van der Waals surface area (Å²) in [5, 5.41) is 0. The lowest BCUT2D eigenvalue weighted by atomic mass is 10.1. The number of thioether (sulfide) groups is 1. The van der Waals surface area contributed by atoms with E-state index in [4.69, 9.17) is 0 Å². The van der Waals surface area contributed by atoms with Crippen LogP contribution in [0.15, 0.2) is 11.0 Å². The fourth-order valence-electron chi connectivity index (χ4n) is 2.25. The molecule has 2 aliphatic rings. The van der Waals surface area contributed by atoms with Crippen molar-refractivity contribution in [2.24, 2.45) is 0 Å². The van der Waals surface area contributed by atoms with Gasteiger partial charge in [0.1, 0.15) is 0 Å². The second-order valence-electron chi connectivity index (χ2n) is 4.31. The molecule has 1 nitrogen and oxygen atoms in total. The van der Waals surface area contributed by atoms with Gasteiger partial charge in [0.05, 0.1) is 0 Å². The Kier molecular flexibility index (Phi) is 4.39. The standard InChI is InChI=1S/C12H21NS/c1-2-6-12(7-3-1)14-11-10-13-8-4-5-9-13/h6H,1-5,7-11H2. The second kappa shape index (κ2) is 5.82. The minimum Gasteiger partial charge on any atom is -0.303 e. The van der Waals surface area contributed by atoms with E-state index in [-0.39, 0.29) is 0 Å². The van der Waals surface area contributed by atoms with Crippen LogP contribution in [-0.4, -0.2) is 30.3 Å². The fraction of sp³-hybridized carbons (Fsp3) is 0.833. The molecule has 0 aromatic heterocycles. The maximum atomic E-state index is 2.61. The first kappa shape index (κ1) is 10.6. The number of hydrogen-bond acceptors (Lipinski definition) is 2. The molecule has 1 heterocycles. The highest BCUT2D eigenvalue weighted by molar-refractivity contribution is 8.03. The zero-order valence-electron chi connectivity index (χ0n) is 9.00. The average molecular weight is 211 g/mol. The Balaban J connectivity index is 1.59. The molecule has 0 atom stereocenters. The van der Waals surface area contributed by atoms with E-state index >= 15 is 0 Å². The zero-order chi connectivity index (χ0) is 9.64. The third-order valence-electron chi connectivity index (χ3n) is 3.14. The van der Waals surface area contributed by atoms with E-state index in [0.717, 1.165) is 0 Å². The summed E-state index contributed by atoms with van der Waals surface area (Å²) in [7, 11) is 0. The maximum absolute atomic E-state index is 2.61. The molecule has 0 N–H and O–H groups in total. The smallest absolute Gasteiger partial charge is 0.0105 e. The van der Waals surface area contributed by atoms with E-state index < -0.39 is 0 Å². The summed E-state index contributed by atoms with van der Waals surface area (Å²) in [6, 6.07) is 0. The van der Waals surface area contributed by atoms with Gasteiger partial charge in [0.25, 0.3) is 0 Å². The van der Waals surface area contributed by atoms with Crippen LogP contribution in [0.25, 0.3) is 0 Å². The Morgan fingerprint density at radius 3 is 2.71 bits per heavy atom. The van der Waals surface area contributed by atoms with Crippen molar-refractivity contribution in [2.75, 3.05) is 25.4 Å². The topological polar surface area (TPSA) is 3.24 Å². The molecular formula is C12H21NS. The van der Waals surface area contributed by atoms with Gasteiger partial charge in [-0.25, -0.2) is 0 Å². The predicted octanol–water partition coefficient (Wildman–Crippen LogP) is 3.27. The first-order valence-electron chi connectivity index (χ1n) is 5.99. The Morgan fingerprint density at radius 1 is 1.14 bits per heavy atom. The fourth-order valence-corrected chi connectivity index (χ4v) is 3.39. The summed E-state index contributed by atoms with van der Waals surface area (Å²) in [6.45, 7) is 4.00. The van der Waals surface area contributed by atoms with Gasteiger partial charge in [0, 0.05) is 12.3 Å². The molecule has 2 heteroatoms. The van der Waals surface area contributed by atoms with E-state index in [0.29, 0.717) is 0 Å². The summed E-state index contributed by atoms with van der Waals surface area (Å²) < 4.78 is 0. The highest BCUT2D eigenvalue weighted by Crippen LogP contribution is 2.27. The van der Waals surface area contributed by atoms with Crippen molar-refractivity contribution >= 4 is 11.8 Å². The maximum Gasteiger partial charge on any atom is 0.0105 e. The first-order chi connectivity index (χ1) is 6.95. The van der Waals surface area contributed by atoms with E-state index in [1.165, 1.54) is 63.9 Å². The van der Waals surface area contributed by atoms with Gasteiger partial charge in [-0.3, -0.25) is 0 Å². The highest BCUT2D eigenvalue weighted by Gasteiger charge is 2.11. The van der Waals surface area contributed by atoms with E-state index in [9.17, 15) is 0 Å². The molecule has 0 aromatic rings. The summed E-state index contributed by atoms with van der Waals surface area (Å²) in [4.78, 5) is 4.27. The molecule has 0 spiro atoms. The number of nitrogens with zero attached hydrogens (tertiary/aromatic N) is 1. The van der Waals surface area contributed by atoms with Crippen LogP contribution in [-0.2, 0) is 0 Å². The second-order valence-corrected chi connectivity index (χ2v) is 5.53. The van der Waals surface area contributed by atoms with Gasteiger partial charge < -0.3 is 4.90 Å². The molecule has 1 saturated heterocycles. The molecule has 14 heavy (non-hydrogen) atoms. The molecule has 0 bridgehead atoms. The first-order valence-corrected chi connectivity index (χ1v) is 6.98. The van der Waals surface area contributed by atoms with Crippen LogP contribution in [0.3, 0.4) is 0 Å². The number of likely N-dealkylation sites (tertiary alicyclic amines) is 1. The minimum atomic E-state index is 1.31. The molecule has 0 saturated carbocycles. The molecular weight excluding hydrogens is 190 g/mol. The van der Waals surface area contributed by atoms with Gasteiger partial charge in [0.2, 0.25) is 0 Å². The summed E-state index contributed by atoms with van der Waals surface area (Å²) in [5.41, 5.74) is 0. The molecule has 2 rings (SSSR count). The molecule has 1 aliphatic heterocycles. The number of allylic oxidation sites excluding steroid dienone is 2. The number of rotatable bonds is 4. The molecule has 0 amide bonds. The van der Waals surface area contributed by atoms with Crippen LogP contribution in [0.5, 0.6) is 0 Å². The minimum absolute atomic E-state index is 1.31. The normalized spacial score (nSPS) is 23.9. The molecule has 1 fully saturated rings. The van der Waals surface area contributed by atoms with Crippen LogP contribution in [0, 0.1) is 0 Å². The highest BCUT2D eigenvalue weighted by atomic mass is 32.2. The molecule has 80 valence electrons. The predicted molar refractivity (Wildman–Crippen MR) is 64.7 cm³/mol. The van der Waals surface area contributed by atoms with E-state index in [1.807, 2.05) is 0 Å². The van der Waals surface area contributed by atoms with Crippen molar-refractivity contribution in [3.63, 3.8) is 0 Å². The third kappa shape index (κ3) is 3.32. The van der Waals surface area contributed by atoms with Crippen LogP contribution >= 0.6 is 11.8 Å². The summed E-state index contributed by atoms with van der Waals surface area (Å²) in [5.74, 6) is 1.31. The van der Waals surface area contributed by atoms with Crippen LogP contribution in [0.1, 0.15) is 38.5 Å². The van der Waals surface area contributed by atoms with Crippen molar-refractivity contribution in [1.82, 2.24) is 4.90 Å². The van der Waals surface area contributed by atoms with Crippen molar-refractivity contribution < 1.29 is 0 Å². The molecule has 0 radical (unpaired) electrons. The molecule has 1 aliphatic carbocycles. The third-order valence-corrected chi connectivity index (χ3v) is 4.27. The number of hydrogen-bond donors (Lipinski definition) is 0. The van der Waals surface area contributed by atoms with Gasteiger partial charge in [-0.2, -0.15) is 0 Å². The zero-order valence-corrected chi connectivity index (χ0v) is 9.82. The van der Waals surface area contributed by atoms with Crippen molar-refractivity contribution in [2.45, 2.75) is 38.5 Å². The average Bonchev–Trinajstić information content (AvgIpc) is 2.72. The lowest BCUT2D eigenvalue weighted by Crippen LogP contribution is -2.21. The van der Waals surface area contributed by atoms with Crippen molar-refractivity contribution in [1.29, 1.82) is 0 Å². The van der Waals surface area contributed by atoms with Gasteiger partial charge in [-0.1, -0.05) is 6.08 Å². The lowest BCUT2D eigenvalue weighted by molar-refractivity contribution is 0.362. The van der Waals surface area contributed by atoms with Crippen LogP contribution in [0.2, 0.25) is 0 Å². The van der Waals surface area contributed by atoms with Gasteiger partial charge in [-0.15, -0.1) is 11.8 Å². The molecule has 0 aromatic carbocycles. The Bertz CT molecular complexity index is 194. The lowest BCUT2D eigenvalue weighted by Gasteiger charge is -2.16. The van der Waals surface area contributed by atoms with Gasteiger partial charge in [0.15, 0.2) is 0 Å². The van der Waals surface area contributed by atoms with Crippen molar-refractivity contribution in [3.8, 4) is 0 Å². The van der Waals surface area contributed by atoms with Crippen molar-refractivity contribution in [3.05, 3.63) is 11.0 Å². The monoisotopic (exact) mass is 211 g/mol. The Hall–Kier alpha value is 0.0500. The van der Waals surface area contributed by atoms with Gasteiger partial charge >= 0.3 is 0 Å². The van der Waals surface area contributed by atoms with Gasteiger partial charge in [-0.05, 0) is 56.5 Å². The van der Waals surface area contributed by atoms with Crippen LogP contribution in [0.4, 0.5) is 0 Å². The Labute approximate surface area is 91.9 Å². The quantitative estimate of drug-likeness (QED) is 0.702. The summed E-state index contributed by atoms with van der Waals surface area (Å²) >= 11 is 2.10. The largest absolute Gasteiger partial charge is 0.303 e. The Morgan fingerprint density at radius 2 is 2.00 bits per heavy atom. The van der Waals surface area contributed by atoms with E-state index in [2.05, 4.69) is 22.7 Å². The SMILES string of the molecule is C1=C(SCCN2CCCC2)CCCC1. The molecule has 0 unspecified atom stereocenters. The van der Waals surface area contributed by atoms with E-state index in [1.54, 1.807) is 4.91 Å². The van der Waals surface area contributed by atoms with Crippen LogP contribution < -0.4 is 0 Å². The summed E-state index contributed by atoms with van der Waals surface area (Å²) in [6.07, 6.45) is 10.8.